The van der Waals surface area contributed by atoms with Crippen LogP contribution >= 0.6 is 11.8 Å². The number of halogens is 1. The van der Waals surface area contributed by atoms with Crippen molar-refractivity contribution in [3.63, 3.8) is 0 Å². The van der Waals surface area contributed by atoms with Crippen molar-refractivity contribution < 1.29 is 14.0 Å². The van der Waals surface area contributed by atoms with Crippen LogP contribution in [0.25, 0.3) is 0 Å². The molecule has 0 bridgehead atoms. The SMILES string of the molecule is Cc1cccc(CSCC(=O)N(Cc2ccc(F)cc2)C(C)C(=O)NC2CCCCC2)c1. The fraction of sp³-hybridized carbons (Fsp3) is 0.462. The van der Waals surface area contributed by atoms with Gasteiger partial charge in [-0.3, -0.25) is 9.59 Å². The second-order valence-corrected chi connectivity index (χ2v) is 9.64. The van der Waals surface area contributed by atoms with Crippen LogP contribution in [0, 0.1) is 12.7 Å². The van der Waals surface area contributed by atoms with Crippen LogP contribution in [0.2, 0.25) is 0 Å². The molecule has 4 nitrogen and oxygen atoms in total. The van der Waals surface area contributed by atoms with E-state index in [1.54, 1.807) is 35.7 Å². The quantitative estimate of drug-likeness (QED) is 0.562. The van der Waals surface area contributed by atoms with Gasteiger partial charge in [0.05, 0.1) is 5.75 Å². The normalized spacial score (nSPS) is 15.2. The number of rotatable bonds is 9. The first-order valence-corrected chi connectivity index (χ1v) is 12.6. The van der Waals surface area contributed by atoms with Crippen molar-refractivity contribution in [3.05, 3.63) is 71.0 Å². The summed E-state index contributed by atoms with van der Waals surface area (Å²) in [5, 5.41) is 3.14. The Bertz CT molecular complexity index is 897. The number of hydrogen-bond acceptors (Lipinski definition) is 3. The molecule has 1 N–H and O–H groups in total. The molecule has 1 aliphatic rings. The van der Waals surface area contributed by atoms with Gasteiger partial charge in [-0.2, -0.15) is 0 Å². The summed E-state index contributed by atoms with van der Waals surface area (Å²) in [6.07, 6.45) is 5.48. The van der Waals surface area contributed by atoms with Gasteiger partial charge in [0, 0.05) is 18.3 Å². The highest BCUT2D eigenvalue weighted by molar-refractivity contribution is 7.99. The van der Waals surface area contributed by atoms with Gasteiger partial charge >= 0.3 is 0 Å². The van der Waals surface area contributed by atoms with Gasteiger partial charge in [-0.05, 0) is 49.9 Å². The molecular weight excluding hydrogens is 423 g/mol. The molecule has 2 aromatic carbocycles. The number of benzene rings is 2. The van der Waals surface area contributed by atoms with Crippen molar-refractivity contribution in [1.29, 1.82) is 0 Å². The van der Waals surface area contributed by atoms with E-state index in [2.05, 4.69) is 30.4 Å². The number of aryl methyl sites for hydroxylation is 1. The average molecular weight is 457 g/mol. The lowest BCUT2D eigenvalue weighted by molar-refractivity contribution is -0.139. The Kier molecular flexibility index (Phi) is 9.15. The Hall–Kier alpha value is -2.34. The lowest BCUT2D eigenvalue weighted by atomic mass is 9.95. The van der Waals surface area contributed by atoms with Crippen LogP contribution in [-0.4, -0.2) is 34.6 Å². The van der Waals surface area contributed by atoms with Gasteiger partial charge in [-0.1, -0.05) is 61.2 Å². The zero-order chi connectivity index (χ0) is 22.9. The molecule has 1 aliphatic carbocycles. The molecule has 32 heavy (non-hydrogen) atoms. The molecule has 0 aromatic heterocycles. The zero-order valence-corrected chi connectivity index (χ0v) is 19.8. The number of carbonyl (C=O) groups excluding carboxylic acids is 2. The molecule has 2 amide bonds. The molecule has 172 valence electrons. The first-order chi connectivity index (χ1) is 15.4. The Morgan fingerprint density at radius 3 is 2.50 bits per heavy atom. The molecule has 0 saturated heterocycles. The topological polar surface area (TPSA) is 49.4 Å². The molecule has 1 unspecified atom stereocenters. The van der Waals surface area contributed by atoms with Crippen LogP contribution in [0.4, 0.5) is 4.39 Å². The van der Waals surface area contributed by atoms with E-state index in [1.165, 1.54) is 29.7 Å². The minimum absolute atomic E-state index is 0.0849. The average Bonchev–Trinajstić information content (AvgIpc) is 2.79. The summed E-state index contributed by atoms with van der Waals surface area (Å²) in [7, 11) is 0. The van der Waals surface area contributed by atoms with Gasteiger partial charge in [0.2, 0.25) is 11.8 Å². The predicted molar refractivity (Wildman–Crippen MR) is 129 cm³/mol. The highest BCUT2D eigenvalue weighted by Crippen LogP contribution is 2.19. The van der Waals surface area contributed by atoms with E-state index in [9.17, 15) is 14.0 Å². The Morgan fingerprint density at radius 1 is 1.09 bits per heavy atom. The molecule has 0 spiro atoms. The van der Waals surface area contributed by atoms with E-state index in [4.69, 9.17) is 0 Å². The first-order valence-electron chi connectivity index (χ1n) is 11.4. The molecular formula is C26H33FN2O2S. The van der Waals surface area contributed by atoms with Gasteiger partial charge in [0.15, 0.2) is 0 Å². The van der Waals surface area contributed by atoms with Crippen molar-refractivity contribution in [2.75, 3.05) is 5.75 Å². The summed E-state index contributed by atoms with van der Waals surface area (Å²) in [5.74, 6) is 0.508. The van der Waals surface area contributed by atoms with E-state index >= 15 is 0 Å². The van der Waals surface area contributed by atoms with Crippen LogP contribution in [0.5, 0.6) is 0 Å². The molecule has 2 aromatic rings. The minimum Gasteiger partial charge on any atom is -0.352 e. The number of amides is 2. The largest absolute Gasteiger partial charge is 0.352 e. The van der Waals surface area contributed by atoms with Crippen LogP contribution in [0.15, 0.2) is 48.5 Å². The summed E-state index contributed by atoms with van der Waals surface area (Å²) in [6, 6.07) is 14.0. The molecule has 0 aliphatic heterocycles. The van der Waals surface area contributed by atoms with Crippen molar-refractivity contribution in [1.82, 2.24) is 10.2 Å². The maximum Gasteiger partial charge on any atom is 0.242 e. The lowest BCUT2D eigenvalue weighted by Crippen LogP contribution is -2.50. The summed E-state index contributed by atoms with van der Waals surface area (Å²) in [6.45, 7) is 4.12. The molecule has 0 radical (unpaired) electrons. The first kappa shape index (κ1) is 24.3. The van der Waals surface area contributed by atoms with Crippen molar-refractivity contribution >= 4 is 23.6 Å². The standard InChI is InChI=1S/C26H33FN2O2S/c1-19-7-6-8-22(15-19)17-32-18-25(30)29(16-21-11-13-23(27)14-12-21)20(2)26(31)28-24-9-4-3-5-10-24/h6-8,11-15,20,24H,3-5,9-10,16-18H2,1-2H3,(H,28,31). The Morgan fingerprint density at radius 2 is 1.81 bits per heavy atom. The third kappa shape index (κ3) is 7.37. The van der Waals surface area contributed by atoms with Gasteiger partial charge in [-0.25, -0.2) is 4.39 Å². The number of nitrogens with zero attached hydrogens (tertiary/aromatic N) is 1. The second kappa shape index (κ2) is 12.0. The number of hydrogen-bond donors (Lipinski definition) is 1. The van der Waals surface area contributed by atoms with Crippen LogP contribution in [-0.2, 0) is 21.9 Å². The minimum atomic E-state index is -0.589. The number of nitrogens with one attached hydrogen (secondary N) is 1. The van der Waals surface area contributed by atoms with Gasteiger partial charge < -0.3 is 10.2 Å². The van der Waals surface area contributed by atoms with E-state index in [0.29, 0.717) is 0 Å². The summed E-state index contributed by atoms with van der Waals surface area (Å²) in [5.41, 5.74) is 3.18. The third-order valence-corrected chi connectivity index (χ3v) is 6.95. The maximum atomic E-state index is 13.3. The molecule has 1 saturated carbocycles. The molecule has 1 fully saturated rings. The predicted octanol–water partition coefficient (Wildman–Crippen LogP) is 5.23. The van der Waals surface area contributed by atoms with Crippen molar-refractivity contribution in [3.8, 4) is 0 Å². The number of carbonyl (C=O) groups is 2. The van der Waals surface area contributed by atoms with Gasteiger partial charge in [-0.15, -0.1) is 11.8 Å². The lowest BCUT2D eigenvalue weighted by Gasteiger charge is -2.31. The zero-order valence-electron chi connectivity index (χ0n) is 19.0. The summed E-state index contributed by atoms with van der Waals surface area (Å²) >= 11 is 1.55. The van der Waals surface area contributed by atoms with Crippen molar-refractivity contribution in [2.24, 2.45) is 0 Å². The van der Waals surface area contributed by atoms with Gasteiger partial charge in [0.25, 0.3) is 0 Å². The monoisotopic (exact) mass is 456 g/mol. The third-order valence-electron chi connectivity index (χ3n) is 5.96. The van der Waals surface area contributed by atoms with E-state index in [0.717, 1.165) is 37.0 Å². The summed E-state index contributed by atoms with van der Waals surface area (Å²) in [4.78, 5) is 27.7. The van der Waals surface area contributed by atoms with Crippen LogP contribution < -0.4 is 5.32 Å². The Labute approximate surface area is 195 Å². The van der Waals surface area contributed by atoms with E-state index in [1.807, 2.05) is 6.07 Å². The molecule has 3 rings (SSSR count). The van der Waals surface area contributed by atoms with E-state index in [-0.39, 0.29) is 36.0 Å². The Balaban J connectivity index is 1.64. The van der Waals surface area contributed by atoms with E-state index < -0.39 is 6.04 Å². The molecule has 1 atom stereocenters. The van der Waals surface area contributed by atoms with Crippen LogP contribution in [0.3, 0.4) is 0 Å². The maximum absolute atomic E-state index is 13.3. The molecule has 6 heteroatoms. The highest BCUT2D eigenvalue weighted by Gasteiger charge is 2.28. The summed E-state index contributed by atoms with van der Waals surface area (Å²) < 4.78 is 13.3. The number of thioether (sulfide) groups is 1. The molecule has 0 heterocycles. The fourth-order valence-corrected chi connectivity index (χ4v) is 4.94. The van der Waals surface area contributed by atoms with Gasteiger partial charge in [0.1, 0.15) is 11.9 Å². The second-order valence-electron chi connectivity index (χ2n) is 8.65. The van der Waals surface area contributed by atoms with Crippen molar-refractivity contribution in [2.45, 2.75) is 70.3 Å². The van der Waals surface area contributed by atoms with Crippen LogP contribution in [0.1, 0.15) is 55.7 Å². The fourth-order valence-electron chi connectivity index (χ4n) is 4.08. The highest BCUT2D eigenvalue weighted by atomic mass is 32.2. The smallest absolute Gasteiger partial charge is 0.242 e.